The van der Waals surface area contributed by atoms with Gasteiger partial charge < -0.3 is 45.6 Å². The van der Waals surface area contributed by atoms with Gasteiger partial charge in [0.25, 0.3) is 0 Å². The third-order valence-electron chi connectivity index (χ3n) is 4.10. The van der Waals surface area contributed by atoms with Crippen LogP contribution in [0.5, 0.6) is 0 Å². The van der Waals surface area contributed by atoms with E-state index in [2.05, 4.69) is 17.2 Å². The van der Waals surface area contributed by atoms with Gasteiger partial charge in [-0.25, -0.2) is 0 Å². The van der Waals surface area contributed by atoms with Crippen LogP contribution in [0.15, 0.2) is 12.2 Å². The number of aliphatic hydroxyl groups excluding tert-OH is 5. The van der Waals surface area contributed by atoms with Crippen molar-refractivity contribution in [3.8, 4) is 0 Å². The Morgan fingerprint density at radius 1 is 0.964 bits per heavy atom. The normalized spacial score (nSPS) is 27.2. The molecular weight excluding hydrogens is 376 g/mol. The summed E-state index contributed by atoms with van der Waals surface area (Å²) in [5, 5.41) is 51.9. The predicted molar refractivity (Wildman–Crippen MR) is 95.8 cm³/mol. The molecule has 0 aromatic heterocycles. The molecule has 0 aliphatic carbocycles. The zero-order valence-electron chi connectivity index (χ0n) is 15.6. The van der Waals surface area contributed by atoms with Crippen LogP contribution in [0, 0.1) is 0 Å². The molecule has 5 atom stereocenters. The molecule has 1 aliphatic rings. The standard InChI is InChI=1S/C17H30N2O9/c1-10(2-3-12(22)18-4-6-20)8-13(23)19-5-7-27-17-16(26)15(25)14(24)11(9-21)28-17/h11,14-17,20-21,24-26H,1-9H2,(H,18,22)(H,19,23)/t11-,14-,15+,16+,17+/m1/s1. The Bertz CT molecular complexity index is 515. The van der Waals surface area contributed by atoms with Gasteiger partial charge in [0, 0.05) is 25.9 Å². The van der Waals surface area contributed by atoms with Gasteiger partial charge in [0.15, 0.2) is 6.29 Å². The van der Waals surface area contributed by atoms with Crippen LogP contribution in [0.4, 0.5) is 0 Å². The molecule has 0 spiro atoms. The van der Waals surface area contributed by atoms with Gasteiger partial charge in [0.2, 0.25) is 11.8 Å². The maximum atomic E-state index is 11.8. The molecule has 2 amide bonds. The van der Waals surface area contributed by atoms with Crippen molar-refractivity contribution in [3.63, 3.8) is 0 Å². The SMILES string of the molecule is C=C(CCC(=O)NCCO)CC(=O)NCCO[C@H]1O[C@H](CO)[C@@H](O)[C@H](O)[C@@H]1O. The number of ether oxygens (including phenoxy) is 2. The van der Waals surface area contributed by atoms with Crippen LogP contribution in [0.2, 0.25) is 0 Å². The van der Waals surface area contributed by atoms with E-state index in [1.165, 1.54) is 0 Å². The molecule has 0 aromatic rings. The topological polar surface area (TPSA) is 178 Å². The minimum atomic E-state index is -1.52. The fourth-order valence-electron chi connectivity index (χ4n) is 2.52. The molecule has 11 heteroatoms. The number of hydrogen-bond donors (Lipinski definition) is 7. The summed E-state index contributed by atoms with van der Waals surface area (Å²) < 4.78 is 10.4. The lowest BCUT2D eigenvalue weighted by molar-refractivity contribution is -0.300. The summed E-state index contributed by atoms with van der Waals surface area (Å²) in [6.45, 7) is 3.29. The van der Waals surface area contributed by atoms with Crippen LogP contribution in [0.25, 0.3) is 0 Å². The monoisotopic (exact) mass is 406 g/mol. The summed E-state index contributed by atoms with van der Waals surface area (Å²) in [4.78, 5) is 23.2. The van der Waals surface area contributed by atoms with Crippen molar-refractivity contribution in [1.29, 1.82) is 0 Å². The Labute approximate surface area is 163 Å². The van der Waals surface area contributed by atoms with E-state index >= 15 is 0 Å². The van der Waals surface area contributed by atoms with Gasteiger partial charge in [0.05, 0.1) is 19.8 Å². The van der Waals surface area contributed by atoms with Crippen molar-refractivity contribution in [2.24, 2.45) is 0 Å². The Kier molecular flexibility index (Phi) is 11.2. The molecule has 1 heterocycles. The van der Waals surface area contributed by atoms with Gasteiger partial charge in [-0.15, -0.1) is 0 Å². The molecular formula is C17H30N2O9. The lowest BCUT2D eigenvalue weighted by Gasteiger charge is -2.39. The largest absolute Gasteiger partial charge is 0.395 e. The van der Waals surface area contributed by atoms with Crippen LogP contribution >= 0.6 is 0 Å². The van der Waals surface area contributed by atoms with E-state index in [0.717, 1.165) is 0 Å². The zero-order valence-corrected chi connectivity index (χ0v) is 15.6. The molecule has 1 fully saturated rings. The van der Waals surface area contributed by atoms with Crippen molar-refractivity contribution >= 4 is 11.8 Å². The molecule has 28 heavy (non-hydrogen) atoms. The maximum Gasteiger partial charge on any atom is 0.224 e. The van der Waals surface area contributed by atoms with Gasteiger partial charge in [0.1, 0.15) is 24.4 Å². The first-order valence-electron chi connectivity index (χ1n) is 9.03. The summed E-state index contributed by atoms with van der Waals surface area (Å²) in [6, 6.07) is 0. The second kappa shape index (κ2) is 12.8. The first kappa shape index (κ1) is 24.4. The van der Waals surface area contributed by atoms with Crippen molar-refractivity contribution in [2.75, 3.05) is 32.9 Å². The first-order chi connectivity index (χ1) is 13.3. The van der Waals surface area contributed by atoms with E-state index in [-0.39, 0.29) is 51.0 Å². The molecule has 1 aliphatic heterocycles. The molecule has 1 saturated heterocycles. The average molecular weight is 406 g/mol. The van der Waals surface area contributed by atoms with Gasteiger partial charge in [-0.2, -0.15) is 0 Å². The minimum absolute atomic E-state index is 0.0350. The number of amides is 2. The van der Waals surface area contributed by atoms with E-state index in [0.29, 0.717) is 12.0 Å². The van der Waals surface area contributed by atoms with Crippen LogP contribution in [0.3, 0.4) is 0 Å². The minimum Gasteiger partial charge on any atom is -0.395 e. The van der Waals surface area contributed by atoms with Crippen LogP contribution in [-0.2, 0) is 19.1 Å². The number of aliphatic hydroxyl groups is 5. The summed E-state index contributed by atoms with van der Waals surface area (Å²) in [5.41, 5.74) is 0.575. The highest BCUT2D eigenvalue weighted by Crippen LogP contribution is 2.21. The number of carbonyl (C=O) groups excluding carboxylic acids is 2. The molecule has 0 aromatic carbocycles. The number of rotatable bonds is 12. The molecule has 1 rings (SSSR count). The third kappa shape index (κ3) is 8.19. The smallest absolute Gasteiger partial charge is 0.224 e. The van der Waals surface area contributed by atoms with Gasteiger partial charge in [-0.1, -0.05) is 12.2 Å². The van der Waals surface area contributed by atoms with Crippen LogP contribution in [-0.4, -0.2) is 101 Å². The van der Waals surface area contributed by atoms with Gasteiger partial charge in [-0.05, 0) is 6.42 Å². The summed E-state index contributed by atoms with van der Waals surface area (Å²) in [6.07, 6.45) is -6.24. The highest BCUT2D eigenvalue weighted by atomic mass is 16.7. The molecule has 11 nitrogen and oxygen atoms in total. The lowest BCUT2D eigenvalue weighted by atomic mass is 9.99. The van der Waals surface area contributed by atoms with E-state index in [1.54, 1.807) is 0 Å². The lowest BCUT2D eigenvalue weighted by Crippen LogP contribution is -2.59. The molecule has 7 N–H and O–H groups in total. The fourth-order valence-corrected chi connectivity index (χ4v) is 2.52. The second-order valence-electron chi connectivity index (χ2n) is 6.42. The third-order valence-corrected chi connectivity index (χ3v) is 4.10. The van der Waals surface area contributed by atoms with Crippen molar-refractivity contribution in [1.82, 2.24) is 10.6 Å². The van der Waals surface area contributed by atoms with Crippen molar-refractivity contribution in [3.05, 3.63) is 12.2 Å². The van der Waals surface area contributed by atoms with Crippen molar-refractivity contribution in [2.45, 2.75) is 50.0 Å². The Morgan fingerprint density at radius 2 is 1.64 bits per heavy atom. The highest BCUT2D eigenvalue weighted by Gasteiger charge is 2.43. The van der Waals surface area contributed by atoms with E-state index in [9.17, 15) is 24.9 Å². The molecule has 0 bridgehead atoms. The summed E-state index contributed by atoms with van der Waals surface area (Å²) in [5.74, 6) is -0.554. The van der Waals surface area contributed by atoms with E-state index < -0.39 is 37.3 Å². The fraction of sp³-hybridized carbons (Fsp3) is 0.765. The van der Waals surface area contributed by atoms with Gasteiger partial charge in [-0.3, -0.25) is 9.59 Å². The molecule has 0 radical (unpaired) electrons. The molecule has 0 unspecified atom stereocenters. The molecule has 162 valence electrons. The molecule has 0 saturated carbocycles. The first-order valence-corrected chi connectivity index (χ1v) is 9.03. The van der Waals surface area contributed by atoms with Crippen molar-refractivity contribution < 1.29 is 44.6 Å². The number of carbonyl (C=O) groups is 2. The Hall–Kier alpha value is -1.60. The zero-order chi connectivity index (χ0) is 21.1. The maximum absolute atomic E-state index is 11.8. The van der Waals surface area contributed by atoms with Crippen LogP contribution in [0.1, 0.15) is 19.3 Å². The van der Waals surface area contributed by atoms with E-state index in [1.807, 2.05) is 0 Å². The Balaban J connectivity index is 2.22. The average Bonchev–Trinajstić information content (AvgIpc) is 2.67. The summed E-state index contributed by atoms with van der Waals surface area (Å²) >= 11 is 0. The quantitative estimate of drug-likeness (QED) is 0.129. The Morgan fingerprint density at radius 3 is 2.29 bits per heavy atom. The summed E-state index contributed by atoms with van der Waals surface area (Å²) in [7, 11) is 0. The number of hydrogen-bond acceptors (Lipinski definition) is 9. The second-order valence-corrected chi connectivity index (χ2v) is 6.42. The van der Waals surface area contributed by atoms with Gasteiger partial charge >= 0.3 is 0 Å². The van der Waals surface area contributed by atoms with Crippen LogP contribution < -0.4 is 10.6 Å². The highest BCUT2D eigenvalue weighted by molar-refractivity contribution is 5.79. The predicted octanol–water partition coefficient (Wildman–Crippen LogP) is -3.25. The van der Waals surface area contributed by atoms with E-state index in [4.69, 9.17) is 19.7 Å². The number of nitrogens with one attached hydrogen (secondary N) is 2.